The highest BCUT2D eigenvalue weighted by Crippen LogP contribution is 2.63. The average Bonchev–Trinajstić information content (AvgIpc) is 3.85. The Balaban J connectivity index is 0.876. The lowest BCUT2D eigenvalue weighted by Gasteiger charge is -2.30. The Morgan fingerprint density at radius 3 is 1.01 bits per heavy atom. The summed E-state index contributed by atoms with van der Waals surface area (Å²) in [6.07, 6.45) is 0. The normalized spacial score (nSPS) is 13.2. The monoisotopic (exact) mass is 919 g/mol. The van der Waals surface area contributed by atoms with E-state index in [1.165, 1.54) is 77.1 Å². The van der Waals surface area contributed by atoms with E-state index < -0.39 is 16.1 Å². The van der Waals surface area contributed by atoms with Gasteiger partial charge < -0.3 is 0 Å². The molecule has 2 aliphatic carbocycles. The maximum absolute atomic E-state index is 5.15. The molecule has 69 heavy (non-hydrogen) atoms. The van der Waals surface area contributed by atoms with E-state index in [1.807, 2.05) is 0 Å². The quantitative estimate of drug-likeness (QED) is 0.143. The molecule has 12 rings (SSSR count). The third-order valence-electron chi connectivity index (χ3n) is 14.5. The fourth-order valence-electron chi connectivity index (χ4n) is 10.8. The van der Waals surface area contributed by atoms with Gasteiger partial charge in [-0.3, -0.25) is 0 Å². The Morgan fingerprint density at radius 2 is 0.580 bits per heavy atom. The number of hydrogen-bond acceptors (Lipinski definition) is 3. The zero-order valence-electron chi connectivity index (χ0n) is 40.0. The molecule has 0 radical (unpaired) electrons. The third-order valence-corrected chi connectivity index (χ3v) is 18.6. The van der Waals surface area contributed by atoms with Gasteiger partial charge in [0.15, 0.2) is 17.5 Å². The van der Waals surface area contributed by atoms with Gasteiger partial charge >= 0.3 is 0 Å². The van der Waals surface area contributed by atoms with Crippen molar-refractivity contribution in [2.24, 2.45) is 0 Å². The van der Waals surface area contributed by atoms with Crippen LogP contribution in [0.1, 0.15) is 22.3 Å². The molecule has 0 aliphatic heterocycles. The summed E-state index contributed by atoms with van der Waals surface area (Å²) in [6, 6.07) is 78.4. The zero-order chi connectivity index (χ0) is 47.1. The fraction of sp³-hybridized carbons (Fsp3) is 0.109. The highest BCUT2D eigenvalue weighted by molar-refractivity contribution is 6.89. The van der Waals surface area contributed by atoms with Gasteiger partial charge in [-0.25, -0.2) is 15.0 Å². The molecule has 10 aromatic rings. The molecule has 5 heteroatoms. The van der Waals surface area contributed by atoms with E-state index in [0.29, 0.717) is 17.5 Å². The first-order valence-corrected chi connectivity index (χ1v) is 31.2. The lowest BCUT2D eigenvalue weighted by atomic mass is 9.70. The van der Waals surface area contributed by atoms with E-state index in [1.54, 1.807) is 0 Å². The van der Waals surface area contributed by atoms with Crippen LogP contribution in [0.25, 0.3) is 89.8 Å². The van der Waals surface area contributed by atoms with Gasteiger partial charge in [-0.05, 0) is 96.1 Å². The zero-order valence-corrected chi connectivity index (χ0v) is 42.0. The van der Waals surface area contributed by atoms with Crippen LogP contribution in [0.3, 0.4) is 0 Å². The van der Waals surface area contributed by atoms with Gasteiger partial charge in [0.2, 0.25) is 0 Å². The van der Waals surface area contributed by atoms with Crippen molar-refractivity contribution in [3.05, 3.63) is 235 Å². The van der Waals surface area contributed by atoms with E-state index in [0.717, 1.165) is 27.8 Å². The van der Waals surface area contributed by atoms with E-state index in [-0.39, 0.29) is 5.41 Å². The predicted molar refractivity (Wildman–Crippen MR) is 295 cm³/mol. The molecule has 0 saturated heterocycles. The summed E-state index contributed by atoms with van der Waals surface area (Å²) in [5.41, 5.74) is 20.3. The van der Waals surface area contributed by atoms with Crippen molar-refractivity contribution in [2.75, 3.05) is 0 Å². The topological polar surface area (TPSA) is 38.7 Å². The number of nitrogens with zero attached hydrogens (tertiary/aromatic N) is 3. The van der Waals surface area contributed by atoms with Crippen LogP contribution in [0.15, 0.2) is 212 Å². The van der Waals surface area contributed by atoms with Gasteiger partial charge in [0, 0.05) is 16.7 Å². The van der Waals surface area contributed by atoms with Crippen LogP contribution in [-0.2, 0) is 5.41 Å². The number of benzene rings is 9. The molecule has 0 bridgehead atoms. The Hall–Kier alpha value is -7.58. The molecule has 0 atom stereocenters. The Labute approximate surface area is 408 Å². The molecule has 3 nitrogen and oxygen atoms in total. The van der Waals surface area contributed by atoms with Crippen molar-refractivity contribution < 1.29 is 0 Å². The van der Waals surface area contributed by atoms with Crippen LogP contribution in [0.5, 0.6) is 0 Å². The van der Waals surface area contributed by atoms with E-state index >= 15 is 0 Å². The first-order chi connectivity index (χ1) is 33.4. The van der Waals surface area contributed by atoms with Crippen LogP contribution < -0.4 is 10.4 Å². The summed E-state index contributed by atoms with van der Waals surface area (Å²) < 4.78 is 0. The summed E-state index contributed by atoms with van der Waals surface area (Å²) in [6.45, 7) is 14.3. The molecular weight excluding hydrogens is 867 g/mol. The van der Waals surface area contributed by atoms with Crippen LogP contribution >= 0.6 is 0 Å². The molecule has 0 fully saturated rings. The van der Waals surface area contributed by atoms with Crippen molar-refractivity contribution in [3.63, 3.8) is 0 Å². The van der Waals surface area contributed by atoms with Crippen molar-refractivity contribution >= 4 is 26.5 Å². The van der Waals surface area contributed by atoms with E-state index in [2.05, 4.69) is 252 Å². The molecule has 0 unspecified atom stereocenters. The summed E-state index contributed by atoms with van der Waals surface area (Å²) >= 11 is 0. The highest BCUT2D eigenvalue weighted by Gasteiger charge is 2.51. The molecule has 0 N–H and O–H groups in total. The minimum Gasteiger partial charge on any atom is -0.208 e. The summed E-state index contributed by atoms with van der Waals surface area (Å²) in [4.78, 5) is 15.4. The summed E-state index contributed by atoms with van der Waals surface area (Å²) in [7, 11) is -2.94. The second-order valence-electron chi connectivity index (χ2n) is 20.8. The van der Waals surface area contributed by atoms with Gasteiger partial charge in [0.25, 0.3) is 0 Å². The fourth-order valence-corrected chi connectivity index (χ4v) is 13.2. The van der Waals surface area contributed by atoms with Gasteiger partial charge in [-0.2, -0.15) is 0 Å². The molecule has 1 heterocycles. The molecule has 1 aromatic heterocycles. The minimum absolute atomic E-state index is 0.361. The summed E-state index contributed by atoms with van der Waals surface area (Å²) in [5, 5.41) is 2.82. The first-order valence-electron chi connectivity index (χ1n) is 24.2. The maximum atomic E-state index is 5.15. The molecule has 332 valence electrons. The lowest BCUT2D eigenvalue weighted by molar-refractivity contribution is 0.794. The molecule has 0 amide bonds. The van der Waals surface area contributed by atoms with Gasteiger partial charge in [-0.15, -0.1) is 0 Å². The highest BCUT2D eigenvalue weighted by atomic mass is 28.3. The SMILES string of the molecule is C[Si](C)(C)c1ccc(-c2nc(-c3ccc([Si](C)(C)C)cc3)nc(-c3cccc(-c4cccc(-c5ccc(-c6ccc7c(c6)C6(c8ccccc8-c8ccccc86)c6ccccc6-7)cc5)c4)c3)n2)cc1. The van der Waals surface area contributed by atoms with Crippen molar-refractivity contribution in [3.8, 4) is 89.8 Å². The molecule has 0 saturated carbocycles. The number of hydrogen-bond donors (Lipinski definition) is 0. The smallest absolute Gasteiger partial charge is 0.164 e. The standard InChI is InChI=1S/C64H53N3Si2/c1-68(2,3)51-34-29-44(30-35-51)61-65-62(45-31-36-52(37-32-45)69(4,5)6)67-63(66-61)50-18-14-17-48(40-50)47-16-13-15-46(39-47)42-25-27-43(28-26-42)49-33-38-56-55-21-9-12-24-59(55)64(60(56)41-49)57-22-10-7-19-53(57)54-20-8-11-23-58(54)64/h7-41H,1-6H3. The van der Waals surface area contributed by atoms with Crippen molar-refractivity contribution in [1.82, 2.24) is 15.0 Å². The number of fused-ring (bicyclic) bond motifs is 10. The molecule has 9 aromatic carbocycles. The average molecular weight is 920 g/mol. The Bertz CT molecular complexity index is 3480. The van der Waals surface area contributed by atoms with Crippen LogP contribution in [0.4, 0.5) is 0 Å². The first kappa shape index (κ1) is 42.8. The minimum atomic E-state index is -1.47. The van der Waals surface area contributed by atoms with Crippen LogP contribution in [0.2, 0.25) is 39.3 Å². The second kappa shape index (κ2) is 16.3. The van der Waals surface area contributed by atoms with Crippen LogP contribution in [-0.4, -0.2) is 31.1 Å². The van der Waals surface area contributed by atoms with E-state index in [4.69, 9.17) is 15.0 Å². The summed E-state index contributed by atoms with van der Waals surface area (Å²) in [5.74, 6) is 2.02. The van der Waals surface area contributed by atoms with Crippen molar-refractivity contribution in [2.45, 2.75) is 44.7 Å². The lowest BCUT2D eigenvalue weighted by Crippen LogP contribution is -2.37. The Morgan fingerprint density at radius 1 is 0.261 bits per heavy atom. The molecule has 1 spiro atoms. The largest absolute Gasteiger partial charge is 0.208 e. The Kier molecular flexibility index (Phi) is 10.1. The van der Waals surface area contributed by atoms with E-state index in [9.17, 15) is 0 Å². The van der Waals surface area contributed by atoms with Gasteiger partial charge in [0.1, 0.15) is 0 Å². The predicted octanol–water partition coefficient (Wildman–Crippen LogP) is 15.3. The number of aromatic nitrogens is 3. The van der Waals surface area contributed by atoms with Crippen LogP contribution in [0, 0.1) is 0 Å². The third kappa shape index (κ3) is 7.27. The molecule has 2 aliphatic rings. The van der Waals surface area contributed by atoms with Gasteiger partial charge in [-0.1, -0.05) is 244 Å². The number of rotatable bonds is 8. The maximum Gasteiger partial charge on any atom is 0.164 e. The van der Waals surface area contributed by atoms with Gasteiger partial charge in [0.05, 0.1) is 21.6 Å². The van der Waals surface area contributed by atoms with Crippen molar-refractivity contribution in [1.29, 1.82) is 0 Å². The second-order valence-corrected chi connectivity index (χ2v) is 31.0. The molecular formula is C64H53N3Si2.